The van der Waals surface area contributed by atoms with Crippen molar-refractivity contribution in [2.75, 3.05) is 0 Å². The molecule has 102 valence electrons. The van der Waals surface area contributed by atoms with Crippen LogP contribution in [0.2, 0.25) is 0 Å². The van der Waals surface area contributed by atoms with E-state index in [1.807, 2.05) is 54.6 Å². The molecule has 0 aliphatic carbocycles. The van der Waals surface area contributed by atoms with Crippen LogP contribution in [0, 0.1) is 11.3 Å². The molecule has 3 aromatic rings. The topological polar surface area (TPSA) is 40.9 Å². The van der Waals surface area contributed by atoms with Crippen LogP contribution in [-0.2, 0) is 0 Å². The number of hydrogen-bond donors (Lipinski definition) is 0. The largest absolute Gasteiger partial charge is 0.291 e. The molecule has 0 N–H and O–H groups in total. The van der Waals surface area contributed by atoms with Crippen LogP contribution in [0.4, 0.5) is 0 Å². The van der Waals surface area contributed by atoms with E-state index < -0.39 is 5.92 Å². The lowest BCUT2D eigenvalue weighted by Crippen LogP contribution is -2.09. The molecule has 4 heteroatoms. The van der Waals surface area contributed by atoms with E-state index >= 15 is 0 Å². The summed E-state index contributed by atoms with van der Waals surface area (Å²) in [5.41, 5.74) is 0.717. The maximum absolute atomic E-state index is 12.6. The van der Waals surface area contributed by atoms with E-state index in [0.717, 1.165) is 14.6 Å². The highest BCUT2D eigenvalue weighted by Crippen LogP contribution is 2.30. The van der Waals surface area contributed by atoms with Gasteiger partial charge in [-0.1, -0.05) is 46.3 Å². The Kier molecular flexibility index (Phi) is 3.87. The first-order chi connectivity index (χ1) is 10.2. The van der Waals surface area contributed by atoms with Crippen LogP contribution in [0.15, 0.2) is 59.1 Å². The van der Waals surface area contributed by atoms with Crippen molar-refractivity contribution in [1.82, 2.24) is 0 Å². The molecule has 0 amide bonds. The minimum absolute atomic E-state index is 0.142. The van der Waals surface area contributed by atoms with Gasteiger partial charge in [-0.15, -0.1) is 11.3 Å². The van der Waals surface area contributed by atoms with Crippen molar-refractivity contribution in [3.8, 4) is 6.07 Å². The molecule has 1 atom stereocenters. The molecule has 0 bridgehead atoms. The highest BCUT2D eigenvalue weighted by molar-refractivity contribution is 9.10. The zero-order valence-corrected chi connectivity index (χ0v) is 13.3. The average molecular weight is 356 g/mol. The molecule has 3 rings (SSSR count). The van der Waals surface area contributed by atoms with Crippen molar-refractivity contribution in [2.24, 2.45) is 0 Å². The van der Waals surface area contributed by atoms with Gasteiger partial charge in [-0.3, -0.25) is 4.79 Å². The van der Waals surface area contributed by atoms with E-state index in [1.165, 1.54) is 11.3 Å². The second-order valence-electron chi connectivity index (χ2n) is 4.63. The number of hydrogen-bond acceptors (Lipinski definition) is 3. The molecule has 0 fully saturated rings. The Balaban J connectivity index is 2.01. The number of thiophene rings is 1. The summed E-state index contributed by atoms with van der Waals surface area (Å²) in [6, 6.07) is 19.2. The fourth-order valence-electron chi connectivity index (χ4n) is 2.22. The minimum Gasteiger partial charge on any atom is -0.291 e. The Bertz CT molecular complexity index is 829. The predicted molar refractivity (Wildman–Crippen MR) is 88.7 cm³/mol. The van der Waals surface area contributed by atoms with Gasteiger partial charge in [0.2, 0.25) is 0 Å². The Morgan fingerprint density at radius 2 is 1.95 bits per heavy atom. The van der Waals surface area contributed by atoms with Crippen LogP contribution in [0.3, 0.4) is 0 Å². The second-order valence-corrected chi connectivity index (χ2v) is 6.63. The third-order valence-corrected chi connectivity index (χ3v) is 4.87. The minimum atomic E-state index is -0.768. The molecule has 0 spiro atoms. The molecule has 2 aromatic carbocycles. The van der Waals surface area contributed by atoms with Crippen molar-refractivity contribution >= 4 is 43.1 Å². The first kappa shape index (κ1) is 14.0. The number of Topliss-reactive ketones (excluding diaryl/α,β-unsaturated/α-hetero) is 1. The highest BCUT2D eigenvalue weighted by Gasteiger charge is 2.23. The van der Waals surface area contributed by atoms with Gasteiger partial charge in [0, 0.05) is 9.17 Å². The van der Waals surface area contributed by atoms with Gasteiger partial charge >= 0.3 is 0 Å². The van der Waals surface area contributed by atoms with Crippen molar-refractivity contribution in [3.63, 3.8) is 0 Å². The van der Waals surface area contributed by atoms with E-state index in [1.54, 1.807) is 0 Å². The van der Waals surface area contributed by atoms with Crippen LogP contribution in [-0.4, -0.2) is 5.78 Å². The Labute approximate surface area is 134 Å². The van der Waals surface area contributed by atoms with Gasteiger partial charge in [0.25, 0.3) is 0 Å². The van der Waals surface area contributed by atoms with E-state index in [4.69, 9.17) is 0 Å². The molecule has 0 saturated heterocycles. The summed E-state index contributed by atoms with van der Waals surface area (Å²) in [7, 11) is 0. The molecule has 0 aliphatic rings. The lowest BCUT2D eigenvalue weighted by molar-refractivity contribution is 0.0983. The van der Waals surface area contributed by atoms with Gasteiger partial charge in [-0.25, -0.2) is 0 Å². The summed E-state index contributed by atoms with van der Waals surface area (Å²) < 4.78 is 1.93. The predicted octanol–water partition coefficient (Wildman–Crippen LogP) is 5.15. The number of carbonyl (C=O) groups is 1. The van der Waals surface area contributed by atoms with Crippen molar-refractivity contribution in [1.29, 1.82) is 5.26 Å². The first-order valence-corrected chi connectivity index (χ1v) is 7.98. The molecule has 0 aliphatic heterocycles. The average Bonchev–Trinajstić information content (AvgIpc) is 2.92. The van der Waals surface area contributed by atoms with E-state index in [0.29, 0.717) is 10.4 Å². The Morgan fingerprint density at radius 3 is 2.67 bits per heavy atom. The van der Waals surface area contributed by atoms with Crippen LogP contribution in [0.1, 0.15) is 21.2 Å². The number of carbonyl (C=O) groups excluding carboxylic acids is 1. The first-order valence-electron chi connectivity index (χ1n) is 6.37. The molecule has 1 heterocycles. The van der Waals surface area contributed by atoms with Crippen molar-refractivity contribution < 1.29 is 4.79 Å². The number of fused-ring (bicyclic) bond motifs is 1. The van der Waals surface area contributed by atoms with Crippen molar-refractivity contribution in [2.45, 2.75) is 5.92 Å². The summed E-state index contributed by atoms with van der Waals surface area (Å²) in [6.07, 6.45) is 0. The summed E-state index contributed by atoms with van der Waals surface area (Å²) in [4.78, 5) is 13.3. The van der Waals surface area contributed by atoms with Crippen LogP contribution < -0.4 is 0 Å². The number of halogens is 1. The molecule has 21 heavy (non-hydrogen) atoms. The smallest absolute Gasteiger partial charge is 0.194 e. The number of benzene rings is 2. The van der Waals surface area contributed by atoms with Gasteiger partial charge in [-0.05, 0) is 35.2 Å². The fraction of sp³-hybridized carbons (Fsp3) is 0.0588. The van der Waals surface area contributed by atoms with Gasteiger partial charge in [-0.2, -0.15) is 5.26 Å². The molecule has 1 unspecified atom stereocenters. The molecule has 1 aromatic heterocycles. The van der Waals surface area contributed by atoms with Crippen LogP contribution in [0.25, 0.3) is 10.1 Å². The quantitative estimate of drug-likeness (QED) is 0.609. The van der Waals surface area contributed by atoms with Crippen molar-refractivity contribution in [3.05, 3.63) is 69.5 Å². The summed E-state index contributed by atoms with van der Waals surface area (Å²) in [6.45, 7) is 0. The number of nitrogens with zero attached hydrogens (tertiary/aromatic N) is 1. The zero-order chi connectivity index (χ0) is 14.8. The van der Waals surface area contributed by atoms with Gasteiger partial charge in [0.05, 0.1) is 10.9 Å². The third kappa shape index (κ3) is 2.76. The highest BCUT2D eigenvalue weighted by atomic mass is 79.9. The van der Waals surface area contributed by atoms with E-state index in [2.05, 4.69) is 22.0 Å². The molecule has 0 radical (unpaired) electrons. The second kappa shape index (κ2) is 5.80. The monoisotopic (exact) mass is 355 g/mol. The Hall–Kier alpha value is -1.96. The Morgan fingerprint density at radius 1 is 1.14 bits per heavy atom. The summed E-state index contributed by atoms with van der Waals surface area (Å²) in [5, 5.41) is 10.4. The molecular formula is C17H10BrNOS. The van der Waals surface area contributed by atoms with Gasteiger partial charge < -0.3 is 0 Å². The number of rotatable bonds is 3. The standard InChI is InChI=1S/C17H10BrNOS/c18-13-6-3-5-11(8-13)14(10-19)17(20)16-9-12-4-1-2-7-15(12)21-16/h1-9,14H. The van der Waals surface area contributed by atoms with Crippen LogP contribution in [0.5, 0.6) is 0 Å². The number of nitriles is 1. The van der Waals surface area contributed by atoms with Gasteiger partial charge in [0.15, 0.2) is 5.78 Å². The maximum atomic E-state index is 12.6. The molecular weight excluding hydrogens is 346 g/mol. The number of ketones is 1. The lowest BCUT2D eigenvalue weighted by Gasteiger charge is -2.07. The van der Waals surface area contributed by atoms with Crippen LogP contribution >= 0.6 is 27.3 Å². The lowest BCUT2D eigenvalue weighted by atomic mass is 9.95. The fourth-order valence-corrected chi connectivity index (χ4v) is 3.67. The van der Waals surface area contributed by atoms with E-state index in [9.17, 15) is 10.1 Å². The summed E-state index contributed by atoms with van der Waals surface area (Å²) in [5.74, 6) is -0.910. The van der Waals surface area contributed by atoms with E-state index in [-0.39, 0.29) is 5.78 Å². The maximum Gasteiger partial charge on any atom is 0.194 e. The SMILES string of the molecule is N#CC(C(=O)c1cc2ccccc2s1)c1cccc(Br)c1. The molecule has 2 nitrogen and oxygen atoms in total. The normalized spacial score (nSPS) is 12.0. The zero-order valence-electron chi connectivity index (χ0n) is 10.9. The molecule has 0 saturated carbocycles. The van der Waals surface area contributed by atoms with Gasteiger partial charge in [0.1, 0.15) is 5.92 Å². The third-order valence-electron chi connectivity index (χ3n) is 3.24. The summed E-state index contributed by atoms with van der Waals surface area (Å²) >= 11 is 4.81.